The van der Waals surface area contributed by atoms with Gasteiger partial charge < -0.3 is 4.74 Å². The molecule has 0 saturated carbocycles. The van der Waals surface area contributed by atoms with Gasteiger partial charge in [0.1, 0.15) is 12.4 Å². The predicted molar refractivity (Wildman–Crippen MR) is 104 cm³/mol. The number of hydrogen-bond donors (Lipinski definition) is 2. The van der Waals surface area contributed by atoms with Crippen LogP contribution in [0.5, 0.6) is 5.75 Å². The molecule has 0 spiro atoms. The molecular formula is C21H17ClN2O3. The largest absolute Gasteiger partial charge is 0.489 e. The number of amides is 2. The van der Waals surface area contributed by atoms with Crippen molar-refractivity contribution in [1.29, 1.82) is 0 Å². The summed E-state index contributed by atoms with van der Waals surface area (Å²) in [6.45, 7) is 0.398. The van der Waals surface area contributed by atoms with Crippen LogP contribution >= 0.6 is 11.6 Å². The van der Waals surface area contributed by atoms with Crippen LogP contribution in [-0.2, 0) is 6.61 Å². The Kier molecular flexibility index (Phi) is 6.07. The van der Waals surface area contributed by atoms with Crippen LogP contribution in [-0.4, -0.2) is 11.8 Å². The lowest BCUT2D eigenvalue weighted by Gasteiger charge is -2.10. The van der Waals surface area contributed by atoms with Gasteiger partial charge in [0.05, 0.1) is 10.6 Å². The highest BCUT2D eigenvalue weighted by atomic mass is 35.5. The molecule has 0 unspecified atom stereocenters. The molecule has 0 saturated heterocycles. The summed E-state index contributed by atoms with van der Waals surface area (Å²) in [6.07, 6.45) is 0. The molecule has 3 aromatic carbocycles. The summed E-state index contributed by atoms with van der Waals surface area (Å²) >= 11 is 5.97. The fraction of sp³-hybridized carbons (Fsp3) is 0.0476. The first-order valence-electron chi connectivity index (χ1n) is 8.25. The molecule has 6 heteroatoms. The number of hydrazine groups is 1. The Morgan fingerprint density at radius 2 is 1.52 bits per heavy atom. The van der Waals surface area contributed by atoms with E-state index in [1.54, 1.807) is 48.5 Å². The van der Waals surface area contributed by atoms with Gasteiger partial charge in [0, 0.05) is 5.56 Å². The number of nitrogens with one attached hydrogen (secondary N) is 2. The normalized spacial score (nSPS) is 10.1. The number of rotatable bonds is 5. The van der Waals surface area contributed by atoms with Crippen molar-refractivity contribution in [3.8, 4) is 5.75 Å². The number of halogens is 1. The van der Waals surface area contributed by atoms with Crippen molar-refractivity contribution in [1.82, 2.24) is 10.9 Å². The van der Waals surface area contributed by atoms with E-state index in [0.29, 0.717) is 22.9 Å². The van der Waals surface area contributed by atoms with E-state index in [1.165, 1.54) is 0 Å². The van der Waals surface area contributed by atoms with Crippen molar-refractivity contribution in [2.75, 3.05) is 0 Å². The van der Waals surface area contributed by atoms with Crippen molar-refractivity contribution in [2.45, 2.75) is 6.61 Å². The molecule has 5 nitrogen and oxygen atoms in total. The molecule has 2 amide bonds. The van der Waals surface area contributed by atoms with Gasteiger partial charge in [-0.15, -0.1) is 0 Å². The van der Waals surface area contributed by atoms with E-state index in [2.05, 4.69) is 10.9 Å². The summed E-state index contributed by atoms with van der Waals surface area (Å²) in [7, 11) is 0. The monoisotopic (exact) mass is 380 g/mol. The Morgan fingerprint density at radius 1 is 0.815 bits per heavy atom. The fourth-order valence-corrected chi connectivity index (χ4v) is 2.59. The fourth-order valence-electron chi connectivity index (χ4n) is 2.37. The average Bonchev–Trinajstić information content (AvgIpc) is 2.71. The summed E-state index contributed by atoms with van der Waals surface area (Å²) < 4.78 is 5.71. The summed E-state index contributed by atoms with van der Waals surface area (Å²) in [5, 5.41) is 0.306. The average molecular weight is 381 g/mol. The summed E-state index contributed by atoms with van der Waals surface area (Å²) in [4.78, 5) is 24.4. The molecule has 0 aromatic heterocycles. The molecule has 0 aliphatic heterocycles. The topological polar surface area (TPSA) is 67.4 Å². The van der Waals surface area contributed by atoms with E-state index in [-0.39, 0.29) is 5.56 Å². The van der Waals surface area contributed by atoms with Gasteiger partial charge in [0.15, 0.2) is 0 Å². The van der Waals surface area contributed by atoms with Crippen LogP contribution in [0.15, 0.2) is 78.9 Å². The van der Waals surface area contributed by atoms with Crippen molar-refractivity contribution in [3.63, 3.8) is 0 Å². The Labute approximate surface area is 161 Å². The predicted octanol–water partition coefficient (Wildman–Crippen LogP) is 3.99. The van der Waals surface area contributed by atoms with E-state index in [9.17, 15) is 9.59 Å². The Hall–Kier alpha value is -3.31. The van der Waals surface area contributed by atoms with Crippen molar-refractivity contribution < 1.29 is 14.3 Å². The van der Waals surface area contributed by atoms with Gasteiger partial charge in [0.2, 0.25) is 0 Å². The summed E-state index contributed by atoms with van der Waals surface area (Å²) in [5.41, 5.74) is 6.39. The molecule has 0 aliphatic carbocycles. The van der Waals surface area contributed by atoms with Gasteiger partial charge in [-0.3, -0.25) is 20.4 Å². The summed E-state index contributed by atoms with van der Waals surface area (Å²) in [6, 6.07) is 23.0. The molecule has 0 heterocycles. The molecule has 0 aliphatic rings. The van der Waals surface area contributed by atoms with E-state index in [0.717, 1.165) is 5.56 Å². The maximum absolute atomic E-state index is 12.3. The lowest BCUT2D eigenvalue weighted by molar-refractivity contribution is 0.0846. The van der Waals surface area contributed by atoms with Gasteiger partial charge in [-0.05, 0) is 35.9 Å². The molecule has 136 valence electrons. The molecule has 0 radical (unpaired) electrons. The zero-order valence-corrected chi connectivity index (χ0v) is 15.1. The highest BCUT2D eigenvalue weighted by molar-refractivity contribution is 6.33. The highest BCUT2D eigenvalue weighted by Gasteiger charge is 2.12. The maximum atomic E-state index is 12.3. The third-order valence-electron chi connectivity index (χ3n) is 3.75. The molecule has 0 atom stereocenters. The molecule has 2 N–H and O–H groups in total. The van der Waals surface area contributed by atoms with Gasteiger partial charge in [-0.2, -0.15) is 0 Å². The second kappa shape index (κ2) is 8.87. The van der Waals surface area contributed by atoms with E-state index in [1.807, 2.05) is 30.3 Å². The van der Waals surface area contributed by atoms with Crippen LogP contribution < -0.4 is 15.6 Å². The van der Waals surface area contributed by atoms with Crippen LogP contribution in [0.4, 0.5) is 0 Å². The number of ether oxygens (including phenoxy) is 1. The first-order chi connectivity index (χ1) is 13.1. The summed E-state index contributed by atoms with van der Waals surface area (Å²) in [5.74, 6) is -0.394. The van der Waals surface area contributed by atoms with Crippen LogP contribution in [0, 0.1) is 0 Å². The van der Waals surface area contributed by atoms with Gasteiger partial charge in [-0.1, -0.05) is 60.1 Å². The number of hydrogen-bond acceptors (Lipinski definition) is 3. The quantitative estimate of drug-likeness (QED) is 0.657. The minimum atomic E-state index is -0.495. The Bertz CT molecular complexity index is 945. The number of carbonyl (C=O) groups is 2. The Balaban J connectivity index is 1.58. The number of benzene rings is 3. The van der Waals surface area contributed by atoms with Crippen molar-refractivity contribution in [3.05, 3.63) is 101 Å². The van der Waals surface area contributed by atoms with E-state index >= 15 is 0 Å². The Morgan fingerprint density at radius 3 is 2.30 bits per heavy atom. The van der Waals surface area contributed by atoms with Gasteiger partial charge >= 0.3 is 0 Å². The minimum Gasteiger partial charge on any atom is -0.489 e. The molecule has 0 fully saturated rings. The van der Waals surface area contributed by atoms with Crippen LogP contribution in [0.1, 0.15) is 26.3 Å². The standard InChI is InChI=1S/C21H17ClN2O3/c22-19-12-5-4-11-18(19)21(26)24-23-20(25)16-9-6-10-17(13-16)27-14-15-7-2-1-3-8-15/h1-13H,14H2,(H,23,25)(H,24,26). The second-order valence-electron chi connectivity index (χ2n) is 5.69. The van der Waals surface area contributed by atoms with Gasteiger partial charge in [-0.25, -0.2) is 0 Å². The third kappa shape index (κ3) is 5.09. The zero-order valence-electron chi connectivity index (χ0n) is 14.3. The second-order valence-corrected chi connectivity index (χ2v) is 6.10. The number of carbonyl (C=O) groups excluding carboxylic acids is 2. The molecule has 3 aromatic rings. The first kappa shape index (κ1) is 18.5. The van der Waals surface area contributed by atoms with Crippen molar-refractivity contribution in [2.24, 2.45) is 0 Å². The molecular weight excluding hydrogens is 364 g/mol. The smallest absolute Gasteiger partial charge is 0.271 e. The van der Waals surface area contributed by atoms with Crippen LogP contribution in [0.25, 0.3) is 0 Å². The van der Waals surface area contributed by atoms with E-state index < -0.39 is 11.8 Å². The SMILES string of the molecule is O=C(NNC(=O)c1ccccc1Cl)c1cccc(OCc2ccccc2)c1. The maximum Gasteiger partial charge on any atom is 0.271 e. The first-order valence-corrected chi connectivity index (χ1v) is 8.63. The van der Waals surface area contributed by atoms with E-state index in [4.69, 9.17) is 16.3 Å². The minimum absolute atomic E-state index is 0.277. The lowest BCUT2D eigenvalue weighted by Crippen LogP contribution is -2.41. The van der Waals surface area contributed by atoms with Gasteiger partial charge in [0.25, 0.3) is 11.8 Å². The molecule has 3 rings (SSSR count). The molecule has 27 heavy (non-hydrogen) atoms. The van der Waals surface area contributed by atoms with Crippen molar-refractivity contribution >= 4 is 23.4 Å². The lowest BCUT2D eigenvalue weighted by atomic mass is 10.2. The third-order valence-corrected chi connectivity index (χ3v) is 4.08. The zero-order chi connectivity index (χ0) is 19.1. The molecule has 0 bridgehead atoms. The van der Waals surface area contributed by atoms with Crippen LogP contribution in [0.3, 0.4) is 0 Å². The van der Waals surface area contributed by atoms with Crippen LogP contribution in [0.2, 0.25) is 5.02 Å². The highest BCUT2D eigenvalue weighted by Crippen LogP contribution is 2.16.